The maximum atomic E-state index is 12.8. The van der Waals surface area contributed by atoms with Gasteiger partial charge < -0.3 is 5.32 Å². The summed E-state index contributed by atoms with van der Waals surface area (Å²) in [5, 5.41) is 9.08. The lowest BCUT2D eigenvalue weighted by Gasteiger charge is -2.11. The summed E-state index contributed by atoms with van der Waals surface area (Å²) in [5.74, 6) is 0.158. The van der Waals surface area contributed by atoms with Crippen molar-refractivity contribution in [2.24, 2.45) is 0 Å². The molecule has 0 atom stereocenters. The van der Waals surface area contributed by atoms with E-state index in [1.807, 2.05) is 72.8 Å². The monoisotopic (exact) mass is 451 g/mol. The number of hydrogen-bond donors (Lipinski definition) is 1. The van der Waals surface area contributed by atoms with Crippen molar-refractivity contribution in [1.29, 1.82) is 0 Å². The summed E-state index contributed by atoms with van der Waals surface area (Å²) >= 11 is 1.38. The van der Waals surface area contributed by atoms with Crippen LogP contribution in [0.15, 0.2) is 102 Å². The molecule has 0 aliphatic heterocycles. The van der Waals surface area contributed by atoms with Gasteiger partial charge in [-0.1, -0.05) is 78.5 Å². The van der Waals surface area contributed by atoms with Crippen LogP contribution in [0.3, 0.4) is 0 Å². The minimum atomic E-state index is -0.0808. The van der Waals surface area contributed by atoms with Gasteiger partial charge in [0.25, 0.3) is 0 Å². The molecule has 0 saturated heterocycles. The van der Waals surface area contributed by atoms with Crippen molar-refractivity contribution in [3.8, 4) is 5.69 Å². The van der Waals surface area contributed by atoms with Crippen molar-refractivity contribution in [2.45, 2.75) is 11.4 Å². The molecule has 0 unspecified atom stereocenters. The van der Waals surface area contributed by atoms with E-state index in [0.29, 0.717) is 5.65 Å². The number of amides is 1. The largest absolute Gasteiger partial charge is 0.325 e. The fraction of sp³-hybridized carbons (Fsp3) is 0.0769. The SMILES string of the molecule is O=C(CSc1ncnc2c1cnn2-c1ccccc1)Nc1ccccc1Cc1ccccc1. The lowest BCUT2D eigenvalue weighted by atomic mass is 10.0. The van der Waals surface area contributed by atoms with Crippen LogP contribution in [0, 0.1) is 0 Å². The maximum absolute atomic E-state index is 12.8. The first-order valence-corrected chi connectivity index (χ1v) is 11.5. The second-order valence-corrected chi connectivity index (χ2v) is 8.43. The van der Waals surface area contributed by atoms with Crippen LogP contribution in [0.1, 0.15) is 11.1 Å². The van der Waals surface area contributed by atoms with Gasteiger partial charge in [0.1, 0.15) is 11.4 Å². The zero-order valence-electron chi connectivity index (χ0n) is 17.8. The quantitative estimate of drug-likeness (QED) is 0.274. The van der Waals surface area contributed by atoms with Crippen LogP contribution in [-0.2, 0) is 11.2 Å². The van der Waals surface area contributed by atoms with Gasteiger partial charge >= 0.3 is 0 Å². The normalized spacial score (nSPS) is 10.9. The minimum absolute atomic E-state index is 0.0808. The van der Waals surface area contributed by atoms with E-state index in [1.54, 1.807) is 10.9 Å². The standard InChI is InChI=1S/C26H21N5OS/c32-24(30-23-14-8-7-11-20(23)15-19-9-3-1-4-10-19)17-33-26-22-16-29-31(25(22)27-18-28-26)21-12-5-2-6-13-21/h1-14,16,18H,15,17H2,(H,30,32). The number of thioether (sulfide) groups is 1. The van der Waals surface area contributed by atoms with Gasteiger partial charge in [0.15, 0.2) is 5.65 Å². The van der Waals surface area contributed by atoms with Crippen LogP contribution in [0.2, 0.25) is 0 Å². The van der Waals surface area contributed by atoms with E-state index in [4.69, 9.17) is 0 Å². The van der Waals surface area contributed by atoms with Gasteiger partial charge in [-0.05, 0) is 35.7 Å². The minimum Gasteiger partial charge on any atom is -0.325 e. The molecule has 3 aromatic carbocycles. The maximum Gasteiger partial charge on any atom is 0.234 e. The fourth-order valence-corrected chi connectivity index (χ4v) is 4.39. The molecule has 0 bridgehead atoms. The highest BCUT2D eigenvalue weighted by molar-refractivity contribution is 8.00. The highest BCUT2D eigenvalue weighted by Crippen LogP contribution is 2.26. The number of anilines is 1. The number of carbonyl (C=O) groups is 1. The first kappa shape index (κ1) is 20.9. The summed E-state index contributed by atoms with van der Waals surface area (Å²) in [6, 6.07) is 28.0. The van der Waals surface area contributed by atoms with E-state index >= 15 is 0 Å². The lowest BCUT2D eigenvalue weighted by molar-refractivity contribution is -0.113. The zero-order valence-corrected chi connectivity index (χ0v) is 18.6. The Bertz CT molecular complexity index is 1390. The Labute approximate surface area is 195 Å². The summed E-state index contributed by atoms with van der Waals surface area (Å²) in [6.45, 7) is 0. The average Bonchev–Trinajstić information content (AvgIpc) is 3.30. The molecular weight excluding hydrogens is 430 g/mol. The topological polar surface area (TPSA) is 72.7 Å². The molecule has 0 spiro atoms. The number of nitrogens with zero attached hydrogens (tertiary/aromatic N) is 4. The van der Waals surface area contributed by atoms with Crippen LogP contribution < -0.4 is 5.32 Å². The van der Waals surface area contributed by atoms with E-state index in [-0.39, 0.29) is 11.7 Å². The van der Waals surface area contributed by atoms with Crippen LogP contribution in [0.4, 0.5) is 5.69 Å². The highest BCUT2D eigenvalue weighted by atomic mass is 32.2. The zero-order chi connectivity index (χ0) is 22.5. The van der Waals surface area contributed by atoms with Crippen molar-refractivity contribution >= 4 is 34.4 Å². The molecule has 162 valence electrons. The van der Waals surface area contributed by atoms with Crippen molar-refractivity contribution in [1.82, 2.24) is 19.7 Å². The molecule has 7 heteroatoms. The Kier molecular flexibility index (Phi) is 6.12. The van der Waals surface area contributed by atoms with Gasteiger partial charge in [-0.2, -0.15) is 5.10 Å². The molecule has 6 nitrogen and oxygen atoms in total. The number of rotatable bonds is 7. The van der Waals surface area contributed by atoms with E-state index in [1.165, 1.54) is 23.7 Å². The molecule has 1 N–H and O–H groups in total. The highest BCUT2D eigenvalue weighted by Gasteiger charge is 2.14. The molecule has 2 aromatic heterocycles. The Morgan fingerprint density at radius 2 is 1.61 bits per heavy atom. The van der Waals surface area contributed by atoms with Gasteiger partial charge in [0.2, 0.25) is 5.91 Å². The third kappa shape index (κ3) is 4.78. The number of fused-ring (bicyclic) bond motifs is 1. The molecule has 0 aliphatic carbocycles. The van der Waals surface area contributed by atoms with Crippen LogP contribution in [0.5, 0.6) is 0 Å². The molecule has 5 rings (SSSR count). The summed E-state index contributed by atoms with van der Waals surface area (Å²) in [4.78, 5) is 21.5. The van der Waals surface area contributed by atoms with Crippen molar-refractivity contribution in [3.05, 3.63) is 109 Å². The van der Waals surface area contributed by atoms with Gasteiger partial charge in [-0.15, -0.1) is 0 Å². The Morgan fingerprint density at radius 3 is 2.42 bits per heavy atom. The number of hydrogen-bond acceptors (Lipinski definition) is 5. The third-order valence-electron chi connectivity index (χ3n) is 5.20. The summed E-state index contributed by atoms with van der Waals surface area (Å²) in [7, 11) is 0. The molecule has 1 amide bonds. The van der Waals surface area contributed by atoms with Gasteiger partial charge in [0.05, 0.1) is 23.0 Å². The number of benzene rings is 3. The molecule has 33 heavy (non-hydrogen) atoms. The van der Waals surface area contributed by atoms with Crippen molar-refractivity contribution < 1.29 is 4.79 Å². The van der Waals surface area contributed by atoms with E-state index < -0.39 is 0 Å². The summed E-state index contributed by atoms with van der Waals surface area (Å²) in [6.07, 6.45) is 4.02. The van der Waals surface area contributed by atoms with Gasteiger partial charge in [-0.3, -0.25) is 4.79 Å². The first-order valence-electron chi connectivity index (χ1n) is 10.6. The van der Waals surface area contributed by atoms with Crippen molar-refractivity contribution in [3.63, 3.8) is 0 Å². The number of carbonyl (C=O) groups excluding carboxylic acids is 1. The third-order valence-corrected chi connectivity index (χ3v) is 6.20. The van der Waals surface area contributed by atoms with Crippen molar-refractivity contribution in [2.75, 3.05) is 11.1 Å². The average molecular weight is 452 g/mol. The molecule has 0 saturated carbocycles. The van der Waals surface area contributed by atoms with Crippen LogP contribution in [-0.4, -0.2) is 31.4 Å². The number of para-hydroxylation sites is 2. The second-order valence-electron chi connectivity index (χ2n) is 7.46. The lowest BCUT2D eigenvalue weighted by Crippen LogP contribution is -2.15. The molecule has 0 radical (unpaired) electrons. The Hall–Kier alpha value is -3.97. The molecule has 0 aliphatic rings. The summed E-state index contributed by atoms with van der Waals surface area (Å²) < 4.78 is 1.78. The van der Waals surface area contributed by atoms with Gasteiger partial charge in [-0.25, -0.2) is 14.6 Å². The predicted octanol–water partition coefficient (Wildman–Crippen LogP) is 5.14. The predicted molar refractivity (Wildman–Crippen MR) is 132 cm³/mol. The molecule has 5 aromatic rings. The Balaban J connectivity index is 1.29. The molecule has 0 fully saturated rings. The first-order chi connectivity index (χ1) is 16.3. The number of nitrogens with one attached hydrogen (secondary N) is 1. The van der Waals surface area contributed by atoms with E-state index in [9.17, 15) is 4.79 Å². The Morgan fingerprint density at radius 1 is 0.879 bits per heavy atom. The molecular formula is C26H21N5OS. The summed E-state index contributed by atoms with van der Waals surface area (Å²) in [5.41, 5.74) is 4.75. The van der Waals surface area contributed by atoms with Gasteiger partial charge in [0, 0.05) is 5.69 Å². The molecule has 2 heterocycles. The van der Waals surface area contributed by atoms with Crippen LogP contribution in [0.25, 0.3) is 16.7 Å². The fourth-order valence-electron chi connectivity index (χ4n) is 3.63. The van der Waals surface area contributed by atoms with Crippen LogP contribution >= 0.6 is 11.8 Å². The van der Waals surface area contributed by atoms with E-state index in [2.05, 4.69) is 32.5 Å². The van der Waals surface area contributed by atoms with E-state index in [0.717, 1.165) is 33.8 Å². The smallest absolute Gasteiger partial charge is 0.234 e. The second kappa shape index (κ2) is 9.67. The number of aromatic nitrogens is 4.